The fraction of sp³-hybridized carbons (Fsp3) is 0.269. The Hall–Kier alpha value is -3.14. The molecule has 0 saturated heterocycles. The van der Waals surface area contributed by atoms with Crippen LogP contribution in [0.2, 0.25) is 0 Å². The lowest BCUT2D eigenvalue weighted by Crippen LogP contribution is -2.19. The van der Waals surface area contributed by atoms with Crippen molar-refractivity contribution in [2.75, 3.05) is 6.61 Å². The van der Waals surface area contributed by atoms with E-state index in [1.54, 1.807) is 0 Å². The first-order chi connectivity index (χ1) is 14.5. The van der Waals surface area contributed by atoms with E-state index >= 15 is 0 Å². The van der Waals surface area contributed by atoms with E-state index in [1.165, 1.54) is 17.7 Å². The molecule has 1 unspecified atom stereocenters. The number of ether oxygens (including phenoxy) is 2. The lowest BCUT2D eigenvalue weighted by molar-refractivity contribution is 0.340. The van der Waals surface area contributed by atoms with Gasteiger partial charge in [-0.3, -0.25) is 0 Å². The lowest BCUT2D eigenvalue weighted by Gasteiger charge is -2.26. The topological polar surface area (TPSA) is 31.4 Å². The molecule has 0 radical (unpaired) electrons. The molecule has 0 N–H and O–H groups in total. The van der Waals surface area contributed by atoms with E-state index in [9.17, 15) is 4.39 Å². The minimum Gasteiger partial charge on any atom is -0.494 e. The Morgan fingerprint density at radius 1 is 1.03 bits per heavy atom. The van der Waals surface area contributed by atoms with Crippen molar-refractivity contribution >= 4 is 0 Å². The van der Waals surface area contributed by atoms with Crippen molar-refractivity contribution in [1.29, 1.82) is 0 Å². The molecule has 4 heteroatoms. The van der Waals surface area contributed by atoms with Crippen LogP contribution in [-0.2, 0) is 11.8 Å². The Kier molecular flexibility index (Phi) is 7.23. The van der Waals surface area contributed by atoms with Gasteiger partial charge in [0.25, 0.3) is 0 Å². The molecule has 0 fully saturated rings. The third-order valence-corrected chi connectivity index (χ3v) is 5.19. The number of benzene rings is 2. The number of aryl methyl sites for hydroxylation is 1. The Morgan fingerprint density at radius 2 is 1.77 bits per heavy atom. The predicted octanol–water partition coefficient (Wildman–Crippen LogP) is 6.88. The van der Waals surface area contributed by atoms with Crippen molar-refractivity contribution < 1.29 is 13.9 Å². The number of para-hydroxylation sites is 1. The lowest BCUT2D eigenvalue weighted by atomic mass is 9.78. The highest BCUT2D eigenvalue weighted by Gasteiger charge is 2.22. The number of hydrogen-bond acceptors (Lipinski definition) is 3. The Morgan fingerprint density at radius 3 is 2.43 bits per heavy atom. The maximum absolute atomic E-state index is 14.1. The molecule has 30 heavy (non-hydrogen) atoms. The van der Waals surface area contributed by atoms with Crippen molar-refractivity contribution in [3.8, 4) is 17.4 Å². The molecule has 0 saturated carbocycles. The molecule has 2 aromatic carbocycles. The van der Waals surface area contributed by atoms with Crippen LogP contribution in [0.1, 0.15) is 37.9 Å². The van der Waals surface area contributed by atoms with E-state index in [0.717, 1.165) is 18.6 Å². The van der Waals surface area contributed by atoms with Crippen LogP contribution < -0.4 is 9.47 Å². The molecule has 0 spiro atoms. The molecule has 1 atom stereocenters. The van der Waals surface area contributed by atoms with E-state index < -0.39 is 0 Å². The third-order valence-electron chi connectivity index (χ3n) is 5.19. The van der Waals surface area contributed by atoms with Gasteiger partial charge in [0.05, 0.1) is 6.61 Å². The van der Waals surface area contributed by atoms with Gasteiger partial charge in [-0.1, -0.05) is 43.3 Å². The quantitative estimate of drug-likeness (QED) is 0.345. The van der Waals surface area contributed by atoms with Gasteiger partial charge in [-0.05, 0) is 62.1 Å². The van der Waals surface area contributed by atoms with E-state index in [4.69, 9.17) is 9.47 Å². The normalized spacial score (nSPS) is 12.8. The Labute approximate surface area is 178 Å². The Bertz CT molecular complexity index is 957. The van der Waals surface area contributed by atoms with Gasteiger partial charge in [-0.25, -0.2) is 9.37 Å². The first-order valence-corrected chi connectivity index (χ1v) is 10.3. The molecule has 156 valence electrons. The molecule has 3 aromatic rings. The minimum atomic E-state index is -0.344. The van der Waals surface area contributed by atoms with Crippen LogP contribution in [0.25, 0.3) is 0 Å². The van der Waals surface area contributed by atoms with Gasteiger partial charge in [0.1, 0.15) is 17.3 Å². The van der Waals surface area contributed by atoms with Crippen LogP contribution in [0, 0.1) is 5.82 Å². The molecular formula is C26H28FNO2. The molecule has 1 aromatic heterocycles. The van der Waals surface area contributed by atoms with Crippen LogP contribution >= 0.6 is 0 Å². The highest BCUT2D eigenvalue weighted by atomic mass is 19.1. The maximum Gasteiger partial charge on any atom is 0.222 e. The van der Waals surface area contributed by atoms with Gasteiger partial charge in [-0.15, -0.1) is 6.58 Å². The fourth-order valence-electron chi connectivity index (χ4n) is 3.41. The highest BCUT2D eigenvalue weighted by molar-refractivity contribution is 5.35. The second kappa shape index (κ2) is 10.1. The number of nitrogens with zero attached hydrogens (tertiary/aromatic N) is 1. The molecule has 0 aliphatic carbocycles. The molecule has 1 heterocycles. The van der Waals surface area contributed by atoms with Crippen molar-refractivity contribution in [2.45, 2.75) is 38.5 Å². The van der Waals surface area contributed by atoms with Gasteiger partial charge >= 0.3 is 0 Å². The first kappa shape index (κ1) is 21.6. The molecule has 0 aliphatic heterocycles. The summed E-state index contributed by atoms with van der Waals surface area (Å²) >= 11 is 0. The van der Waals surface area contributed by atoms with E-state index in [1.807, 2.05) is 55.5 Å². The summed E-state index contributed by atoms with van der Waals surface area (Å²) in [4.78, 5) is 4.47. The highest BCUT2D eigenvalue weighted by Crippen LogP contribution is 2.32. The first-order valence-electron chi connectivity index (χ1n) is 10.3. The summed E-state index contributed by atoms with van der Waals surface area (Å²) < 4.78 is 25.3. The number of halogens is 1. The summed E-state index contributed by atoms with van der Waals surface area (Å²) in [6, 6.07) is 20.2. The second-order valence-corrected chi connectivity index (χ2v) is 7.46. The summed E-state index contributed by atoms with van der Waals surface area (Å²) in [6.45, 7) is 8.83. The van der Waals surface area contributed by atoms with E-state index in [0.29, 0.717) is 24.5 Å². The predicted molar refractivity (Wildman–Crippen MR) is 119 cm³/mol. The number of rotatable bonds is 10. The zero-order valence-corrected chi connectivity index (χ0v) is 17.6. The van der Waals surface area contributed by atoms with Crippen LogP contribution in [0.5, 0.6) is 17.4 Å². The van der Waals surface area contributed by atoms with Gasteiger partial charge in [-0.2, -0.15) is 0 Å². The SMILES string of the molecule is C=CC(C)(CCCc1cc(F)cc(Oc2ccccc2)n1)c1ccc(OCC)cc1. The van der Waals surface area contributed by atoms with Crippen molar-refractivity contribution in [3.05, 3.63) is 96.5 Å². The summed E-state index contributed by atoms with van der Waals surface area (Å²) in [5, 5.41) is 0. The molecule has 0 aliphatic rings. The van der Waals surface area contributed by atoms with Gasteiger partial charge < -0.3 is 9.47 Å². The number of allylic oxidation sites excluding steroid dienone is 1. The van der Waals surface area contributed by atoms with Crippen LogP contribution in [0.3, 0.4) is 0 Å². The Balaban J connectivity index is 1.64. The standard InChI is InChI=1S/C26H28FNO2/c1-4-26(3,20-13-15-23(16-14-20)29-5-2)17-9-10-22-18-21(27)19-25(28-22)30-24-11-7-6-8-12-24/h4,6-8,11-16,18-19H,1,5,9-10,17H2,2-3H3. The molecular weight excluding hydrogens is 377 g/mol. The minimum absolute atomic E-state index is 0.179. The second-order valence-electron chi connectivity index (χ2n) is 7.46. The number of aromatic nitrogens is 1. The monoisotopic (exact) mass is 405 g/mol. The van der Waals surface area contributed by atoms with Crippen LogP contribution in [-0.4, -0.2) is 11.6 Å². The zero-order chi connectivity index (χ0) is 21.4. The largest absolute Gasteiger partial charge is 0.494 e. The third kappa shape index (κ3) is 5.69. The zero-order valence-electron chi connectivity index (χ0n) is 17.6. The van der Waals surface area contributed by atoms with E-state index in [2.05, 4.69) is 30.6 Å². The van der Waals surface area contributed by atoms with Crippen LogP contribution in [0.4, 0.5) is 4.39 Å². The summed E-state index contributed by atoms with van der Waals surface area (Å²) in [5.41, 5.74) is 1.68. The summed E-state index contributed by atoms with van der Waals surface area (Å²) in [7, 11) is 0. The maximum atomic E-state index is 14.1. The molecule has 0 amide bonds. The smallest absolute Gasteiger partial charge is 0.222 e. The van der Waals surface area contributed by atoms with Crippen molar-refractivity contribution in [3.63, 3.8) is 0 Å². The summed E-state index contributed by atoms with van der Waals surface area (Å²) in [5.74, 6) is 1.43. The summed E-state index contributed by atoms with van der Waals surface area (Å²) in [6.07, 6.45) is 4.35. The fourth-order valence-corrected chi connectivity index (χ4v) is 3.41. The van der Waals surface area contributed by atoms with Crippen LogP contribution in [0.15, 0.2) is 79.4 Å². The van der Waals surface area contributed by atoms with Crippen molar-refractivity contribution in [2.24, 2.45) is 0 Å². The molecule has 0 bridgehead atoms. The number of hydrogen-bond donors (Lipinski definition) is 0. The van der Waals surface area contributed by atoms with Gasteiger partial charge in [0.2, 0.25) is 5.88 Å². The number of pyridine rings is 1. The average molecular weight is 406 g/mol. The molecule has 3 nitrogen and oxygen atoms in total. The van der Waals surface area contributed by atoms with Crippen molar-refractivity contribution in [1.82, 2.24) is 4.98 Å². The van der Waals surface area contributed by atoms with Gasteiger partial charge in [0.15, 0.2) is 0 Å². The van der Waals surface area contributed by atoms with Gasteiger partial charge in [0, 0.05) is 17.2 Å². The average Bonchev–Trinajstić information content (AvgIpc) is 2.75. The van der Waals surface area contributed by atoms with E-state index in [-0.39, 0.29) is 17.1 Å². The molecule has 3 rings (SSSR count).